The maximum absolute atomic E-state index is 11.7. The Labute approximate surface area is 62.9 Å². The van der Waals surface area contributed by atoms with E-state index in [9.17, 15) is 13.2 Å². The lowest BCUT2D eigenvalue weighted by atomic mass is 10.2. The minimum absolute atomic E-state index is 0.201. The molecule has 0 aliphatic heterocycles. The molecule has 0 heterocycles. The van der Waals surface area contributed by atoms with Crippen molar-refractivity contribution >= 4 is 6.72 Å². The molecule has 0 amide bonds. The molecule has 11 heavy (non-hydrogen) atoms. The van der Waals surface area contributed by atoms with Gasteiger partial charge in [0.15, 0.2) is 0 Å². The summed E-state index contributed by atoms with van der Waals surface area (Å²) in [6, 6.07) is 0. The molecule has 0 spiro atoms. The first-order chi connectivity index (χ1) is 4.88. The quantitative estimate of drug-likeness (QED) is 0.438. The van der Waals surface area contributed by atoms with E-state index in [1.807, 2.05) is 0 Å². The topological polar surface area (TPSA) is 12.4 Å². The highest BCUT2D eigenvalue weighted by atomic mass is 19.4. The first-order valence-electron chi connectivity index (χ1n) is 2.79. The van der Waals surface area contributed by atoms with Crippen LogP contribution in [0.5, 0.6) is 0 Å². The summed E-state index contributed by atoms with van der Waals surface area (Å²) in [5, 5.41) is 0. The fraction of sp³-hybridized carbons (Fsp3) is 0.286. The zero-order valence-electron chi connectivity index (χ0n) is 6.07. The Morgan fingerprint density at radius 1 is 1.45 bits per heavy atom. The van der Waals surface area contributed by atoms with Crippen LogP contribution in [0.25, 0.3) is 0 Å². The van der Waals surface area contributed by atoms with Gasteiger partial charge in [-0.25, -0.2) is 0 Å². The molecule has 0 atom stereocenters. The van der Waals surface area contributed by atoms with E-state index in [1.165, 1.54) is 6.92 Å². The molecule has 0 radical (unpaired) electrons. The number of aliphatic imine (C=N–C) groups is 1. The van der Waals surface area contributed by atoms with Gasteiger partial charge in [-0.2, -0.15) is 13.2 Å². The summed E-state index contributed by atoms with van der Waals surface area (Å²) in [5.74, 6) is 0. The Morgan fingerprint density at radius 3 is 2.18 bits per heavy atom. The number of alkyl halides is 3. The summed E-state index contributed by atoms with van der Waals surface area (Å²) in [7, 11) is 0. The normalized spacial score (nSPS) is 12.9. The van der Waals surface area contributed by atoms with Crippen LogP contribution in [-0.2, 0) is 0 Å². The second-order valence-electron chi connectivity index (χ2n) is 1.97. The highest BCUT2D eigenvalue weighted by Crippen LogP contribution is 2.25. The van der Waals surface area contributed by atoms with Crippen molar-refractivity contribution in [2.24, 2.45) is 4.99 Å². The summed E-state index contributed by atoms with van der Waals surface area (Å²) in [6.07, 6.45) is -3.53. The fourth-order valence-corrected chi connectivity index (χ4v) is 0.380. The van der Waals surface area contributed by atoms with Gasteiger partial charge in [-0.05, 0) is 19.7 Å². The van der Waals surface area contributed by atoms with Gasteiger partial charge in [0.25, 0.3) is 0 Å². The molecule has 0 aromatic rings. The Kier molecular flexibility index (Phi) is 3.04. The van der Waals surface area contributed by atoms with Gasteiger partial charge in [0.05, 0.1) is 5.57 Å². The number of allylic oxidation sites excluding steroid dienone is 3. The smallest absolute Gasteiger partial charge is 0.269 e. The van der Waals surface area contributed by atoms with E-state index in [2.05, 4.69) is 18.3 Å². The van der Waals surface area contributed by atoms with Gasteiger partial charge in [-0.1, -0.05) is 6.58 Å². The van der Waals surface area contributed by atoms with Gasteiger partial charge in [0.1, 0.15) is 0 Å². The van der Waals surface area contributed by atoms with E-state index in [4.69, 9.17) is 0 Å². The van der Waals surface area contributed by atoms with Crippen molar-refractivity contribution in [2.45, 2.75) is 13.1 Å². The Bertz CT molecular complexity index is 200. The average Bonchev–Trinajstić information content (AvgIpc) is 1.85. The maximum atomic E-state index is 11.7. The van der Waals surface area contributed by atoms with E-state index >= 15 is 0 Å². The van der Waals surface area contributed by atoms with Crippen LogP contribution in [0.4, 0.5) is 13.2 Å². The molecule has 0 aromatic heterocycles. The first-order valence-corrected chi connectivity index (χ1v) is 2.79. The molecule has 0 fully saturated rings. The Hall–Kier alpha value is -1.06. The van der Waals surface area contributed by atoms with Crippen molar-refractivity contribution in [3.63, 3.8) is 0 Å². The standard InChI is InChI=1S/C7H8F3N/c1-5(7(8,9)10)4-6(2)11-3/h4H,1,3H2,2H3. The third-order valence-electron chi connectivity index (χ3n) is 0.997. The number of hydrogen-bond donors (Lipinski definition) is 0. The molecule has 62 valence electrons. The second-order valence-corrected chi connectivity index (χ2v) is 1.97. The van der Waals surface area contributed by atoms with Crippen molar-refractivity contribution in [1.29, 1.82) is 0 Å². The minimum atomic E-state index is -4.37. The van der Waals surface area contributed by atoms with Gasteiger partial charge in [0, 0.05) is 5.70 Å². The van der Waals surface area contributed by atoms with Crippen LogP contribution in [0.2, 0.25) is 0 Å². The van der Waals surface area contributed by atoms with Crippen molar-refractivity contribution in [2.75, 3.05) is 0 Å². The lowest BCUT2D eigenvalue weighted by Crippen LogP contribution is -2.08. The van der Waals surface area contributed by atoms with E-state index in [-0.39, 0.29) is 5.70 Å². The number of nitrogens with zero attached hydrogens (tertiary/aromatic N) is 1. The molecule has 0 saturated carbocycles. The van der Waals surface area contributed by atoms with Gasteiger partial charge < -0.3 is 0 Å². The van der Waals surface area contributed by atoms with Crippen LogP contribution >= 0.6 is 0 Å². The van der Waals surface area contributed by atoms with Gasteiger partial charge in [-0.3, -0.25) is 4.99 Å². The van der Waals surface area contributed by atoms with Crippen molar-refractivity contribution < 1.29 is 13.2 Å². The summed E-state index contributed by atoms with van der Waals surface area (Å²) < 4.78 is 35.2. The van der Waals surface area contributed by atoms with E-state index in [0.717, 1.165) is 6.08 Å². The number of hydrogen-bond acceptors (Lipinski definition) is 1. The van der Waals surface area contributed by atoms with Crippen molar-refractivity contribution in [1.82, 2.24) is 0 Å². The van der Waals surface area contributed by atoms with Crippen LogP contribution in [0, 0.1) is 0 Å². The van der Waals surface area contributed by atoms with Crippen LogP contribution in [0.15, 0.2) is 28.9 Å². The average molecular weight is 163 g/mol. The largest absolute Gasteiger partial charge is 0.415 e. The monoisotopic (exact) mass is 163 g/mol. The third kappa shape index (κ3) is 3.60. The van der Waals surface area contributed by atoms with Gasteiger partial charge in [-0.15, -0.1) is 0 Å². The SMILES string of the molecule is C=NC(C)=CC(=C)C(F)(F)F. The highest BCUT2D eigenvalue weighted by molar-refractivity contribution is 5.32. The maximum Gasteiger partial charge on any atom is 0.415 e. The molecular weight excluding hydrogens is 155 g/mol. The molecule has 0 aromatic carbocycles. The molecule has 0 aliphatic carbocycles. The molecule has 1 nitrogen and oxygen atoms in total. The zero-order valence-corrected chi connectivity index (χ0v) is 6.07. The Balaban J connectivity index is 4.42. The molecule has 0 aliphatic rings. The van der Waals surface area contributed by atoms with E-state index in [0.29, 0.717) is 0 Å². The summed E-state index contributed by atoms with van der Waals surface area (Å²) in [6.45, 7) is 7.31. The fourth-order valence-electron chi connectivity index (χ4n) is 0.380. The summed E-state index contributed by atoms with van der Waals surface area (Å²) in [5.41, 5.74) is -0.713. The zero-order chi connectivity index (χ0) is 9.07. The molecule has 4 heteroatoms. The highest BCUT2D eigenvalue weighted by Gasteiger charge is 2.30. The van der Waals surface area contributed by atoms with E-state index < -0.39 is 11.7 Å². The second kappa shape index (κ2) is 3.37. The summed E-state index contributed by atoms with van der Waals surface area (Å²) in [4.78, 5) is 3.29. The van der Waals surface area contributed by atoms with Gasteiger partial charge in [0.2, 0.25) is 0 Å². The van der Waals surface area contributed by atoms with Crippen molar-refractivity contribution in [3.05, 3.63) is 23.9 Å². The van der Waals surface area contributed by atoms with Crippen LogP contribution in [0.3, 0.4) is 0 Å². The molecule has 0 bridgehead atoms. The lowest BCUT2D eigenvalue weighted by molar-refractivity contribution is -0.0878. The van der Waals surface area contributed by atoms with Gasteiger partial charge >= 0.3 is 6.18 Å². The molecular formula is C7H8F3N. The third-order valence-corrected chi connectivity index (χ3v) is 0.997. The van der Waals surface area contributed by atoms with Crippen LogP contribution in [-0.4, -0.2) is 12.9 Å². The van der Waals surface area contributed by atoms with E-state index in [1.54, 1.807) is 0 Å². The lowest BCUT2D eigenvalue weighted by Gasteiger charge is -2.04. The molecule has 0 saturated heterocycles. The molecule has 0 unspecified atom stereocenters. The predicted molar refractivity (Wildman–Crippen MR) is 38.5 cm³/mol. The first kappa shape index (κ1) is 9.94. The number of halogens is 3. The number of rotatable bonds is 2. The minimum Gasteiger partial charge on any atom is -0.269 e. The van der Waals surface area contributed by atoms with Crippen LogP contribution < -0.4 is 0 Å². The molecule has 0 N–H and O–H groups in total. The molecule has 0 rings (SSSR count). The predicted octanol–water partition coefficient (Wildman–Crippen LogP) is 2.71. The Morgan fingerprint density at radius 2 is 1.91 bits per heavy atom. The van der Waals surface area contributed by atoms with Crippen molar-refractivity contribution in [3.8, 4) is 0 Å². The van der Waals surface area contributed by atoms with Crippen LogP contribution in [0.1, 0.15) is 6.92 Å². The summed E-state index contributed by atoms with van der Waals surface area (Å²) >= 11 is 0.